The molecule has 2 N–H and O–H groups in total. The number of nitrogens with one attached hydrogen (secondary N) is 1. The molecule has 0 aliphatic heterocycles. The van der Waals surface area contributed by atoms with Crippen LogP contribution in [0.25, 0.3) is 0 Å². The van der Waals surface area contributed by atoms with E-state index in [0.717, 1.165) is 0 Å². The Balaban J connectivity index is 3.02. The molecular weight excluding hydrogens is 286 g/mol. The Kier molecular flexibility index (Phi) is 5.79. The molecule has 1 amide bonds. The Morgan fingerprint density at radius 3 is 2.45 bits per heavy atom. The van der Waals surface area contributed by atoms with Gasteiger partial charge in [-0.1, -0.05) is 6.92 Å². The fourth-order valence-corrected chi connectivity index (χ4v) is 1.97. The third-order valence-corrected chi connectivity index (χ3v) is 2.91. The molecule has 1 rings (SSSR count). The zero-order valence-corrected chi connectivity index (χ0v) is 13.6. The fourth-order valence-electron chi connectivity index (χ4n) is 1.97. The van der Waals surface area contributed by atoms with Gasteiger partial charge in [0, 0.05) is 5.69 Å². The summed E-state index contributed by atoms with van der Waals surface area (Å²) >= 11 is 0. The van der Waals surface area contributed by atoms with Gasteiger partial charge < -0.3 is 14.6 Å². The van der Waals surface area contributed by atoms with Crippen molar-refractivity contribution in [3.05, 3.63) is 23.8 Å². The van der Waals surface area contributed by atoms with Gasteiger partial charge in [0.25, 0.3) is 0 Å². The molecule has 1 aromatic rings. The molecule has 1 unspecified atom stereocenters. The highest BCUT2D eigenvalue weighted by atomic mass is 16.6. The average molecular weight is 309 g/mol. The van der Waals surface area contributed by atoms with Crippen molar-refractivity contribution in [2.24, 2.45) is 0 Å². The maximum absolute atomic E-state index is 11.9. The molecule has 0 bridgehead atoms. The Labute approximate surface area is 130 Å². The molecule has 0 saturated heterocycles. The molecule has 0 fully saturated rings. The van der Waals surface area contributed by atoms with E-state index in [4.69, 9.17) is 14.6 Å². The summed E-state index contributed by atoms with van der Waals surface area (Å²) in [6, 6.07) is 5.10. The van der Waals surface area contributed by atoms with Crippen molar-refractivity contribution in [3.8, 4) is 5.75 Å². The number of amides is 1. The summed E-state index contributed by atoms with van der Waals surface area (Å²) in [4.78, 5) is 22.8. The van der Waals surface area contributed by atoms with Gasteiger partial charge >= 0.3 is 12.1 Å². The van der Waals surface area contributed by atoms with Gasteiger partial charge in [0.1, 0.15) is 11.4 Å². The third kappa shape index (κ3) is 5.63. The highest BCUT2D eigenvalue weighted by molar-refractivity contribution is 5.86. The van der Waals surface area contributed by atoms with Crippen LogP contribution in [0.15, 0.2) is 18.2 Å². The van der Waals surface area contributed by atoms with E-state index < -0.39 is 17.7 Å². The van der Waals surface area contributed by atoms with E-state index in [0.29, 0.717) is 17.0 Å². The van der Waals surface area contributed by atoms with Gasteiger partial charge in [0.05, 0.1) is 13.5 Å². The normalized spacial score (nSPS) is 12.4. The van der Waals surface area contributed by atoms with Crippen molar-refractivity contribution in [3.63, 3.8) is 0 Å². The number of ether oxygens (including phenoxy) is 2. The van der Waals surface area contributed by atoms with Crippen molar-refractivity contribution in [2.75, 3.05) is 12.4 Å². The summed E-state index contributed by atoms with van der Waals surface area (Å²) in [5.74, 6) is -0.585. The van der Waals surface area contributed by atoms with Gasteiger partial charge in [-0.2, -0.15) is 0 Å². The van der Waals surface area contributed by atoms with E-state index in [2.05, 4.69) is 5.32 Å². The zero-order chi connectivity index (χ0) is 16.9. The minimum absolute atomic E-state index is 0.0455. The highest BCUT2D eigenvalue weighted by Crippen LogP contribution is 2.31. The summed E-state index contributed by atoms with van der Waals surface area (Å²) in [5, 5.41) is 11.6. The summed E-state index contributed by atoms with van der Waals surface area (Å²) in [6.45, 7) is 7.10. The number of rotatable bonds is 5. The first kappa shape index (κ1) is 17.8. The first-order valence-electron chi connectivity index (χ1n) is 7.02. The maximum atomic E-state index is 11.9. The average Bonchev–Trinajstić information content (AvgIpc) is 2.35. The second-order valence-electron chi connectivity index (χ2n) is 6.08. The molecule has 0 aromatic heterocycles. The lowest BCUT2D eigenvalue weighted by Gasteiger charge is -2.21. The van der Waals surface area contributed by atoms with Crippen LogP contribution in [0.5, 0.6) is 5.75 Å². The number of methoxy groups -OCH3 is 1. The quantitative estimate of drug-likeness (QED) is 0.867. The fraction of sp³-hybridized carbons (Fsp3) is 0.500. The second kappa shape index (κ2) is 7.15. The smallest absolute Gasteiger partial charge is 0.412 e. The molecule has 0 aliphatic rings. The molecule has 1 atom stereocenters. The number of carbonyl (C=O) groups is 2. The van der Waals surface area contributed by atoms with Gasteiger partial charge in [0.2, 0.25) is 0 Å². The molecular formula is C16H23NO5. The van der Waals surface area contributed by atoms with Crippen LogP contribution >= 0.6 is 0 Å². The minimum Gasteiger partial charge on any atom is -0.497 e. The SMILES string of the molecule is COc1ccc(NC(=O)OC(C)(C)C)c(C(C)CC(=O)O)c1. The van der Waals surface area contributed by atoms with Crippen LogP contribution in [0.3, 0.4) is 0 Å². The molecule has 0 aliphatic carbocycles. The van der Waals surface area contributed by atoms with E-state index >= 15 is 0 Å². The lowest BCUT2D eigenvalue weighted by Crippen LogP contribution is -2.27. The Hall–Kier alpha value is -2.24. The number of hydrogen-bond acceptors (Lipinski definition) is 4. The predicted molar refractivity (Wildman–Crippen MR) is 83.5 cm³/mol. The minimum atomic E-state index is -0.904. The van der Waals surface area contributed by atoms with Crippen LogP contribution < -0.4 is 10.1 Å². The van der Waals surface area contributed by atoms with E-state index in [1.807, 2.05) is 0 Å². The van der Waals surface area contributed by atoms with Gasteiger partial charge in [-0.3, -0.25) is 10.1 Å². The standard InChI is InChI=1S/C16H23NO5/c1-10(8-14(18)19)12-9-11(21-5)6-7-13(12)17-15(20)22-16(2,3)4/h6-7,9-10H,8H2,1-5H3,(H,17,20)(H,18,19). The number of anilines is 1. The van der Waals surface area contributed by atoms with E-state index in [-0.39, 0.29) is 12.3 Å². The molecule has 1 aromatic carbocycles. The summed E-state index contributed by atoms with van der Waals surface area (Å²) < 4.78 is 10.4. The number of benzene rings is 1. The van der Waals surface area contributed by atoms with E-state index in [9.17, 15) is 9.59 Å². The Morgan fingerprint density at radius 1 is 1.32 bits per heavy atom. The first-order valence-corrected chi connectivity index (χ1v) is 7.02. The molecule has 22 heavy (non-hydrogen) atoms. The Bertz CT molecular complexity index is 548. The number of aliphatic carboxylic acids is 1. The van der Waals surface area contributed by atoms with Crippen molar-refractivity contribution >= 4 is 17.7 Å². The predicted octanol–water partition coefficient (Wildman–Crippen LogP) is 3.62. The van der Waals surface area contributed by atoms with E-state index in [1.54, 1.807) is 45.9 Å². The van der Waals surface area contributed by atoms with Crippen molar-refractivity contribution in [1.29, 1.82) is 0 Å². The molecule has 0 radical (unpaired) electrons. The van der Waals surface area contributed by atoms with Gasteiger partial charge in [-0.25, -0.2) is 4.79 Å². The number of carbonyl (C=O) groups excluding carboxylic acids is 1. The maximum Gasteiger partial charge on any atom is 0.412 e. The number of carboxylic acids is 1. The topological polar surface area (TPSA) is 84.9 Å². The van der Waals surface area contributed by atoms with Gasteiger partial charge in [-0.15, -0.1) is 0 Å². The molecule has 0 heterocycles. The largest absolute Gasteiger partial charge is 0.497 e. The zero-order valence-electron chi connectivity index (χ0n) is 13.6. The monoisotopic (exact) mass is 309 g/mol. The van der Waals surface area contributed by atoms with Crippen LogP contribution in [-0.2, 0) is 9.53 Å². The van der Waals surface area contributed by atoms with Crippen LogP contribution in [0.1, 0.15) is 45.6 Å². The molecule has 6 nitrogen and oxygen atoms in total. The molecule has 0 saturated carbocycles. The van der Waals surface area contributed by atoms with Crippen molar-refractivity contribution in [1.82, 2.24) is 0 Å². The van der Waals surface area contributed by atoms with Crippen LogP contribution in [0, 0.1) is 0 Å². The lowest BCUT2D eigenvalue weighted by molar-refractivity contribution is -0.137. The number of hydrogen-bond donors (Lipinski definition) is 2. The molecule has 0 spiro atoms. The molecule has 122 valence electrons. The lowest BCUT2D eigenvalue weighted by atomic mass is 9.95. The van der Waals surface area contributed by atoms with E-state index in [1.165, 1.54) is 7.11 Å². The summed E-state index contributed by atoms with van der Waals surface area (Å²) in [6.07, 6.45) is -0.627. The summed E-state index contributed by atoms with van der Waals surface area (Å²) in [7, 11) is 1.53. The van der Waals surface area contributed by atoms with Gasteiger partial charge in [0.15, 0.2) is 0 Å². The highest BCUT2D eigenvalue weighted by Gasteiger charge is 2.20. The molecule has 6 heteroatoms. The first-order chi connectivity index (χ1) is 10.1. The van der Waals surface area contributed by atoms with Crippen LogP contribution in [-0.4, -0.2) is 29.9 Å². The van der Waals surface area contributed by atoms with Gasteiger partial charge in [-0.05, 0) is 50.5 Å². The summed E-state index contributed by atoms with van der Waals surface area (Å²) in [5.41, 5.74) is 0.597. The van der Waals surface area contributed by atoms with Crippen molar-refractivity contribution in [2.45, 2.75) is 45.6 Å². The second-order valence-corrected chi connectivity index (χ2v) is 6.08. The van der Waals surface area contributed by atoms with Crippen LogP contribution in [0.4, 0.5) is 10.5 Å². The third-order valence-electron chi connectivity index (χ3n) is 2.91. The number of carboxylic acid groups (broad SMARTS) is 1. The van der Waals surface area contributed by atoms with Crippen LogP contribution in [0.2, 0.25) is 0 Å². The van der Waals surface area contributed by atoms with Crippen molar-refractivity contribution < 1.29 is 24.2 Å². The Morgan fingerprint density at radius 2 is 1.95 bits per heavy atom.